The van der Waals surface area contributed by atoms with E-state index in [1.165, 1.54) is 0 Å². The van der Waals surface area contributed by atoms with E-state index >= 15 is 0 Å². The van der Waals surface area contributed by atoms with Crippen LogP contribution >= 0.6 is 0 Å². The number of rotatable bonds is 7. The highest BCUT2D eigenvalue weighted by atomic mass is 16.5. The molecule has 0 heterocycles. The van der Waals surface area contributed by atoms with Crippen molar-refractivity contribution in [3.63, 3.8) is 0 Å². The molecule has 0 radical (unpaired) electrons. The summed E-state index contributed by atoms with van der Waals surface area (Å²) in [4.78, 5) is 25.7. The fourth-order valence-corrected chi connectivity index (χ4v) is 2.59. The van der Waals surface area contributed by atoms with Crippen LogP contribution in [0.25, 0.3) is 0 Å². The molecular weight excluding hydrogens is 304 g/mol. The lowest BCUT2D eigenvalue weighted by molar-refractivity contribution is -0.118. The van der Waals surface area contributed by atoms with Crippen molar-refractivity contribution >= 4 is 11.8 Å². The minimum atomic E-state index is -0.429. The maximum absolute atomic E-state index is 12.7. The molecule has 5 nitrogen and oxygen atoms in total. The number of methoxy groups -OCH3 is 1. The van der Waals surface area contributed by atoms with Crippen LogP contribution in [0.1, 0.15) is 22.3 Å². The molecule has 0 aliphatic carbocycles. The monoisotopic (exact) mass is 326 g/mol. The van der Waals surface area contributed by atoms with Gasteiger partial charge in [0, 0.05) is 25.1 Å². The van der Waals surface area contributed by atoms with E-state index in [2.05, 4.69) is 0 Å². The zero-order chi connectivity index (χ0) is 17.5. The Labute approximate surface area is 142 Å². The Bertz CT molecular complexity index is 701. The van der Waals surface area contributed by atoms with Crippen molar-refractivity contribution in [3.05, 3.63) is 65.7 Å². The number of hydrogen-bond acceptors (Lipinski definition) is 3. The molecule has 0 aromatic heterocycles. The summed E-state index contributed by atoms with van der Waals surface area (Å²) in [5, 5.41) is 0. The van der Waals surface area contributed by atoms with Gasteiger partial charge in [0.1, 0.15) is 5.75 Å². The standard InChI is InChI=1S/C19H22N2O3/c1-21(19(23)15-9-6-10-17(12-15)24-2)16(13-18(20)22)11-14-7-4-3-5-8-14/h3-10,12,16H,11,13H2,1-2H3,(H2,20,22). The molecule has 2 rings (SSSR count). The van der Waals surface area contributed by atoms with Crippen LogP contribution in [-0.4, -0.2) is 36.9 Å². The van der Waals surface area contributed by atoms with Gasteiger partial charge in [-0.05, 0) is 30.2 Å². The van der Waals surface area contributed by atoms with Gasteiger partial charge >= 0.3 is 0 Å². The lowest BCUT2D eigenvalue weighted by Gasteiger charge is -2.28. The Hall–Kier alpha value is -2.82. The first-order valence-corrected chi connectivity index (χ1v) is 7.74. The van der Waals surface area contributed by atoms with Gasteiger partial charge in [-0.2, -0.15) is 0 Å². The van der Waals surface area contributed by atoms with Crippen molar-refractivity contribution in [1.29, 1.82) is 0 Å². The average Bonchev–Trinajstić information content (AvgIpc) is 2.60. The van der Waals surface area contributed by atoms with Crippen LogP contribution in [0.5, 0.6) is 5.75 Å². The summed E-state index contributed by atoms with van der Waals surface area (Å²) in [6.07, 6.45) is 0.678. The molecule has 5 heteroatoms. The summed E-state index contributed by atoms with van der Waals surface area (Å²) < 4.78 is 5.16. The van der Waals surface area contributed by atoms with E-state index in [0.717, 1.165) is 5.56 Å². The van der Waals surface area contributed by atoms with E-state index < -0.39 is 5.91 Å². The highest BCUT2D eigenvalue weighted by Crippen LogP contribution is 2.17. The van der Waals surface area contributed by atoms with Crippen LogP contribution < -0.4 is 10.5 Å². The highest BCUT2D eigenvalue weighted by Gasteiger charge is 2.23. The van der Waals surface area contributed by atoms with Crippen LogP contribution in [-0.2, 0) is 11.2 Å². The second-order valence-corrected chi connectivity index (χ2v) is 5.66. The molecule has 126 valence electrons. The molecule has 2 N–H and O–H groups in total. The van der Waals surface area contributed by atoms with Crippen LogP contribution in [0.2, 0.25) is 0 Å². The molecule has 1 unspecified atom stereocenters. The summed E-state index contributed by atoms with van der Waals surface area (Å²) in [6, 6.07) is 16.4. The van der Waals surface area contributed by atoms with E-state index in [4.69, 9.17) is 10.5 Å². The molecular formula is C19H22N2O3. The Morgan fingerprint density at radius 3 is 2.46 bits per heavy atom. The van der Waals surface area contributed by atoms with E-state index in [-0.39, 0.29) is 18.4 Å². The van der Waals surface area contributed by atoms with Gasteiger partial charge in [-0.1, -0.05) is 36.4 Å². The molecule has 0 saturated carbocycles. The van der Waals surface area contributed by atoms with Crippen molar-refractivity contribution in [2.24, 2.45) is 5.73 Å². The molecule has 2 aromatic rings. The van der Waals surface area contributed by atoms with E-state index in [1.807, 2.05) is 30.3 Å². The normalized spacial score (nSPS) is 11.6. The minimum Gasteiger partial charge on any atom is -0.497 e. The minimum absolute atomic E-state index is 0.112. The number of ether oxygens (including phenoxy) is 1. The summed E-state index contributed by atoms with van der Waals surface area (Å²) in [5.74, 6) is 0.0149. The quantitative estimate of drug-likeness (QED) is 0.848. The molecule has 2 aromatic carbocycles. The molecule has 1 atom stereocenters. The number of amides is 2. The molecule has 0 fully saturated rings. The number of benzene rings is 2. The predicted molar refractivity (Wildman–Crippen MR) is 92.8 cm³/mol. The smallest absolute Gasteiger partial charge is 0.254 e. The number of likely N-dealkylation sites (N-methyl/N-ethyl adjacent to an activating group) is 1. The number of carbonyl (C=O) groups is 2. The van der Waals surface area contributed by atoms with Gasteiger partial charge in [0.15, 0.2) is 0 Å². The first kappa shape index (κ1) is 17.5. The number of nitrogens with two attached hydrogens (primary N) is 1. The number of hydrogen-bond donors (Lipinski definition) is 1. The SMILES string of the molecule is COc1cccc(C(=O)N(C)C(CC(N)=O)Cc2ccccc2)c1. The fourth-order valence-electron chi connectivity index (χ4n) is 2.59. The summed E-state index contributed by atoms with van der Waals surface area (Å²) in [5.41, 5.74) is 6.94. The fraction of sp³-hybridized carbons (Fsp3) is 0.263. The van der Waals surface area contributed by atoms with Gasteiger partial charge in [0.2, 0.25) is 5.91 Å². The zero-order valence-electron chi connectivity index (χ0n) is 13.9. The van der Waals surface area contributed by atoms with Crippen molar-refractivity contribution < 1.29 is 14.3 Å². The largest absolute Gasteiger partial charge is 0.497 e. The summed E-state index contributed by atoms with van der Waals surface area (Å²) >= 11 is 0. The zero-order valence-corrected chi connectivity index (χ0v) is 13.9. The molecule has 24 heavy (non-hydrogen) atoms. The second kappa shape index (κ2) is 8.15. The third-order valence-corrected chi connectivity index (χ3v) is 3.94. The summed E-state index contributed by atoms with van der Waals surface area (Å²) in [7, 11) is 3.25. The predicted octanol–water partition coefficient (Wildman–Crippen LogP) is 2.25. The number of primary amides is 1. The van der Waals surface area contributed by atoms with Gasteiger partial charge < -0.3 is 15.4 Å². The van der Waals surface area contributed by atoms with Crippen LogP contribution in [0.4, 0.5) is 0 Å². The van der Waals surface area contributed by atoms with Crippen molar-refractivity contribution in [2.75, 3.05) is 14.2 Å². The third kappa shape index (κ3) is 4.59. The van der Waals surface area contributed by atoms with Crippen LogP contribution in [0, 0.1) is 0 Å². The molecule has 0 spiro atoms. The van der Waals surface area contributed by atoms with Gasteiger partial charge in [-0.25, -0.2) is 0 Å². The summed E-state index contributed by atoms with van der Waals surface area (Å²) in [6.45, 7) is 0. The number of carbonyl (C=O) groups excluding carboxylic acids is 2. The Morgan fingerprint density at radius 1 is 1.12 bits per heavy atom. The van der Waals surface area contributed by atoms with Gasteiger partial charge in [0.05, 0.1) is 7.11 Å². The molecule has 0 bridgehead atoms. The average molecular weight is 326 g/mol. The van der Waals surface area contributed by atoms with Crippen LogP contribution in [0.3, 0.4) is 0 Å². The van der Waals surface area contributed by atoms with Crippen molar-refractivity contribution in [1.82, 2.24) is 4.90 Å². The first-order valence-electron chi connectivity index (χ1n) is 7.74. The van der Waals surface area contributed by atoms with Crippen molar-refractivity contribution in [2.45, 2.75) is 18.9 Å². The lowest BCUT2D eigenvalue weighted by atomic mass is 10.0. The second-order valence-electron chi connectivity index (χ2n) is 5.66. The maximum atomic E-state index is 12.7. The van der Waals surface area contributed by atoms with E-state index in [0.29, 0.717) is 17.7 Å². The Kier molecular flexibility index (Phi) is 5.95. The maximum Gasteiger partial charge on any atom is 0.254 e. The molecule has 0 aliphatic rings. The Morgan fingerprint density at radius 2 is 1.83 bits per heavy atom. The van der Waals surface area contributed by atoms with Gasteiger partial charge in [-0.15, -0.1) is 0 Å². The third-order valence-electron chi connectivity index (χ3n) is 3.94. The van der Waals surface area contributed by atoms with E-state index in [9.17, 15) is 9.59 Å². The molecule has 0 aliphatic heterocycles. The van der Waals surface area contributed by atoms with Gasteiger partial charge in [0.25, 0.3) is 5.91 Å². The molecule has 2 amide bonds. The molecule has 0 saturated heterocycles. The first-order chi connectivity index (χ1) is 11.5. The van der Waals surface area contributed by atoms with Crippen LogP contribution in [0.15, 0.2) is 54.6 Å². The van der Waals surface area contributed by atoms with E-state index in [1.54, 1.807) is 43.3 Å². The number of nitrogens with zero attached hydrogens (tertiary/aromatic N) is 1. The highest BCUT2D eigenvalue weighted by molar-refractivity contribution is 5.95. The lowest BCUT2D eigenvalue weighted by Crippen LogP contribution is -2.41. The topological polar surface area (TPSA) is 72.6 Å². The van der Waals surface area contributed by atoms with Crippen molar-refractivity contribution in [3.8, 4) is 5.75 Å². The Balaban J connectivity index is 2.20. The van der Waals surface area contributed by atoms with Gasteiger partial charge in [-0.3, -0.25) is 9.59 Å².